The standard InChI is InChI=1S/C11H22N2O/c1-9(2)7-13-6-5-11(8-13)12(4)10(3)14/h9,11H,5-8H2,1-4H3/t11-/m0/s1. The zero-order valence-corrected chi connectivity index (χ0v) is 9.79. The van der Waals surface area contributed by atoms with Crippen LogP contribution in [0.5, 0.6) is 0 Å². The number of hydrogen-bond donors (Lipinski definition) is 0. The molecule has 14 heavy (non-hydrogen) atoms. The van der Waals surface area contributed by atoms with E-state index in [0.29, 0.717) is 6.04 Å². The molecular formula is C11H22N2O. The minimum absolute atomic E-state index is 0.182. The molecule has 0 aromatic carbocycles. The van der Waals surface area contributed by atoms with Gasteiger partial charge in [0.1, 0.15) is 0 Å². The average molecular weight is 198 g/mol. The van der Waals surface area contributed by atoms with Crippen LogP contribution in [0.2, 0.25) is 0 Å². The second-order valence-electron chi connectivity index (χ2n) is 4.73. The van der Waals surface area contributed by atoms with Crippen molar-refractivity contribution < 1.29 is 4.79 Å². The summed E-state index contributed by atoms with van der Waals surface area (Å²) in [5.41, 5.74) is 0. The lowest BCUT2D eigenvalue weighted by Gasteiger charge is -2.24. The molecule has 0 aliphatic carbocycles. The highest BCUT2D eigenvalue weighted by molar-refractivity contribution is 5.73. The van der Waals surface area contributed by atoms with Crippen LogP contribution in [-0.2, 0) is 4.79 Å². The van der Waals surface area contributed by atoms with Gasteiger partial charge in [-0.2, -0.15) is 0 Å². The normalized spacial score (nSPS) is 23.1. The number of likely N-dealkylation sites (tertiary alicyclic amines) is 1. The lowest BCUT2D eigenvalue weighted by Crippen LogP contribution is -2.38. The zero-order chi connectivity index (χ0) is 10.7. The second kappa shape index (κ2) is 4.78. The van der Waals surface area contributed by atoms with E-state index in [1.54, 1.807) is 6.92 Å². The van der Waals surface area contributed by atoms with Crippen LogP contribution in [0.25, 0.3) is 0 Å². The van der Waals surface area contributed by atoms with E-state index in [4.69, 9.17) is 0 Å². The van der Waals surface area contributed by atoms with Gasteiger partial charge in [-0.25, -0.2) is 0 Å². The van der Waals surface area contributed by atoms with Crippen molar-refractivity contribution in [1.29, 1.82) is 0 Å². The van der Waals surface area contributed by atoms with Crippen molar-refractivity contribution >= 4 is 5.91 Å². The van der Waals surface area contributed by atoms with Gasteiger partial charge in [0.2, 0.25) is 5.91 Å². The molecule has 82 valence electrons. The van der Waals surface area contributed by atoms with Gasteiger partial charge in [0.25, 0.3) is 0 Å². The third kappa shape index (κ3) is 2.98. The van der Waals surface area contributed by atoms with Gasteiger partial charge in [-0.1, -0.05) is 13.8 Å². The lowest BCUT2D eigenvalue weighted by molar-refractivity contribution is -0.129. The Morgan fingerprint density at radius 3 is 2.71 bits per heavy atom. The minimum atomic E-state index is 0.182. The molecule has 0 unspecified atom stereocenters. The summed E-state index contributed by atoms with van der Waals surface area (Å²) in [7, 11) is 1.91. The van der Waals surface area contributed by atoms with Crippen LogP contribution in [0.15, 0.2) is 0 Å². The molecule has 1 amide bonds. The fourth-order valence-electron chi connectivity index (χ4n) is 2.07. The predicted molar refractivity (Wildman–Crippen MR) is 58.1 cm³/mol. The van der Waals surface area contributed by atoms with E-state index in [1.807, 2.05) is 11.9 Å². The Hall–Kier alpha value is -0.570. The second-order valence-corrected chi connectivity index (χ2v) is 4.73. The van der Waals surface area contributed by atoms with Gasteiger partial charge in [0.05, 0.1) is 0 Å². The fraction of sp³-hybridized carbons (Fsp3) is 0.909. The number of amides is 1. The van der Waals surface area contributed by atoms with Crippen molar-refractivity contribution in [2.75, 3.05) is 26.7 Å². The largest absolute Gasteiger partial charge is 0.342 e. The molecule has 1 rings (SSSR count). The molecule has 3 heteroatoms. The Labute approximate surface area is 87.1 Å². The highest BCUT2D eigenvalue weighted by Crippen LogP contribution is 2.15. The first-order chi connectivity index (χ1) is 6.50. The van der Waals surface area contributed by atoms with E-state index in [2.05, 4.69) is 18.7 Å². The van der Waals surface area contributed by atoms with Crippen molar-refractivity contribution in [1.82, 2.24) is 9.80 Å². The van der Waals surface area contributed by atoms with E-state index >= 15 is 0 Å². The Kier molecular flexibility index (Phi) is 3.93. The maximum Gasteiger partial charge on any atom is 0.219 e. The van der Waals surface area contributed by atoms with Gasteiger partial charge in [0.15, 0.2) is 0 Å². The molecule has 1 aliphatic heterocycles. The number of likely N-dealkylation sites (N-methyl/N-ethyl adjacent to an activating group) is 1. The van der Waals surface area contributed by atoms with Gasteiger partial charge in [0, 0.05) is 39.6 Å². The molecule has 1 aliphatic rings. The average Bonchev–Trinajstić information content (AvgIpc) is 2.50. The van der Waals surface area contributed by atoms with Crippen LogP contribution in [0.1, 0.15) is 27.2 Å². The molecule has 1 heterocycles. The van der Waals surface area contributed by atoms with Crippen LogP contribution in [0.4, 0.5) is 0 Å². The maximum absolute atomic E-state index is 11.2. The van der Waals surface area contributed by atoms with Crippen LogP contribution >= 0.6 is 0 Å². The summed E-state index contributed by atoms with van der Waals surface area (Å²) < 4.78 is 0. The highest BCUT2D eigenvalue weighted by atomic mass is 16.2. The third-order valence-corrected chi connectivity index (χ3v) is 2.92. The summed E-state index contributed by atoms with van der Waals surface area (Å²) in [5.74, 6) is 0.901. The van der Waals surface area contributed by atoms with Gasteiger partial charge in [-0.05, 0) is 12.3 Å². The van der Waals surface area contributed by atoms with Crippen molar-refractivity contribution in [3.8, 4) is 0 Å². The zero-order valence-electron chi connectivity index (χ0n) is 9.79. The first-order valence-corrected chi connectivity index (χ1v) is 5.46. The number of carbonyl (C=O) groups is 1. The topological polar surface area (TPSA) is 23.6 Å². The molecule has 0 bridgehead atoms. The first kappa shape index (κ1) is 11.5. The summed E-state index contributed by atoms with van der Waals surface area (Å²) >= 11 is 0. The number of hydrogen-bond acceptors (Lipinski definition) is 2. The van der Waals surface area contributed by atoms with Crippen molar-refractivity contribution in [3.63, 3.8) is 0 Å². The van der Waals surface area contributed by atoms with Gasteiger partial charge in [-0.3, -0.25) is 4.79 Å². The molecule has 0 aromatic rings. The molecule has 1 saturated heterocycles. The highest BCUT2D eigenvalue weighted by Gasteiger charge is 2.26. The molecule has 3 nitrogen and oxygen atoms in total. The van der Waals surface area contributed by atoms with Crippen molar-refractivity contribution in [2.24, 2.45) is 5.92 Å². The van der Waals surface area contributed by atoms with E-state index in [-0.39, 0.29) is 5.91 Å². The summed E-state index contributed by atoms with van der Waals surface area (Å²) in [5, 5.41) is 0. The van der Waals surface area contributed by atoms with Crippen LogP contribution in [0.3, 0.4) is 0 Å². The molecule has 1 atom stereocenters. The Morgan fingerprint density at radius 1 is 1.57 bits per heavy atom. The summed E-state index contributed by atoms with van der Waals surface area (Å²) in [4.78, 5) is 15.5. The molecular weight excluding hydrogens is 176 g/mol. The Bertz CT molecular complexity index is 203. The molecule has 0 spiro atoms. The van der Waals surface area contributed by atoms with Gasteiger partial charge in [-0.15, -0.1) is 0 Å². The third-order valence-electron chi connectivity index (χ3n) is 2.92. The van der Waals surface area contributed by atoms with Crippen LogP contribution in [-0.4, -0.2) is 48.4 Å². The summed E-state index contributed by atoms with van der Waals surface area (Å²) in [6.07, 6.45) is 1.13. The maximum atomic E-state index is 11.2. The predicted octanol–water partition coefficient (Wildman–Crippen LogP) is 1.19. The van der Waals surface area contributed by atoms with E-state index in [9.17, 15) is 4.79 Å². The SMILES string of the molecule is CC(=O)N(C)[C@H]1CCN(CC(C)C)C1. The number of rotatable bonds is 3. The first-order valence-electron chi connectivity index (χ1n) is 5.46. The van der Waals surface area contributed by atoms with E-state index in [0.717, 1.165) is 32.0 Å². The Morgan fingerprint density at radius 2 is 2.21 bits per heavy atom. The van der Waals surface area contributed by atoms with Crippen LogP contribution in [0, 0.1) is 5.92 Å². The summed E-state index contributed by atoms with van der Waals surface area (Å²) in [6, 6.07) is 0.436. The van der Waals surface area contributed by atoms with Crippen LogP contribution < -0.4 is 0 Å². The lowest BCUT2D eigenvalue weighted by atomic mass is 10.2. The van der Waals surface area contributed by atoms with Crippen molar-refractivity contribution in [3.05, 3.63) is 0 Å². The number of carbonyl (C=O) groups excluding carboxylic acids is 1. The summed E-state index contributed by atoms with van der Waals surface area (Å²) in [6.45, 7) is 9.46. The smallest absolute Gasteiger partial charge is 0.219 e. The quantitative estimate of drug-likeness (QED) is 0.680. The Balaban J connectivity index is 2.37. The van der Waals surface area contributed by atoms with Gasteiger partial charge >= 0.3 is 0 Å². The van der Waals surface area contributed by atoms with E-state index in [1.165, 1.54) is 0 Å². The van der Waals surface area contributed by atoms with Gasteiger partial charge < -0.3 is 9.80 Å². The monoisotopic (exact) mass is 198 g/mol. The number of nitrogens with zero attached hydrogens (tertiary/aromatic N) is 2. The minimum Gasteiger partial charge on any atom is -0.342 e. The molecule has 0 radical (unpaired) electrons. The molecule has 1 fully saturated rings. The molecule has 0 N–H and O–H groups in total. The molecule has 0 aromatic heterocycles. The fourth-order valence-corrected chi connectivity index (χ4v) is 2.07. The van der Waals surface area contributed by atoms with E-state index < -0.39 is 0 Å². The van der Waals surface area contributed by atoms with Crippen molar-refractivity contribution in [2.45, 2.75) is 33.2 Å². The molecule has 0 saturated carbocycles.